The highest BCUT2D eigenvalue weighted by Gasteiger charge is 2.14. The van der Waals surface area contributed by atoms with E-state index in [1.54, 1.807) is 6.92 Å². The fourth-order valence-electron chi connectivity index (χ4n) is 1.52. The molecule has 0 heterocycles. The summed E-state index contributed by atoms with van der Waals surface area (Å²) in [5.74, 6) is -0.736. The number of sulfone groups is 1. The number of nitrogens with two attached hydrogens (primary N) is 2. The van der Waals surface area contributed by atoms with Crippen molar-refractivity contribution in [1.29, 1.82) is 0 Å². The smallest absolute Gasteiger partial charge is 0.340 e. The number of rotatable bonds is 6. The molecule has 0 aliphatic rings. The Balaban J connectivity index is 2.57. The summed E-state index contributed by atoms with van der Waals surface area (Å²) in [5, 5.41) is 0. The van der Waals surface area contributed by atoms with E-state index < -0.39 is 15.8 Å². The molecule has 0 unspecified atom stereocenters. The summed E-state index contributed by atoms with van der Waals surface area (Å²) in [6.07, 6.45) is 0.543. The van der Waals surface area contributed by atoms with Crippen LogP contribution in [-0.2, 0) is 14.6 Å². The van der Waals surface area contributed by atoms with Crippen molar-refractivity contribution < 1.29 is 17.9 Å². The van der Waals surface area contributed by atoms with Gasteiger partial charge in [0.05, 0.1) is 17.1 Å². The molecule has 19 heavy (non-hydrogen) atoms. The molecule has 0 amide bonds. The highest BCUT2D eigenvalue weighted by molar-refractivity contribution is 7.91. The number of carbonyl (C=O) groups excluding carboxylic acids is 1. The Labute approximate surface area is 112 Å². The van der Waals surface area contributed by atoms with Gasteiger partial charge in [-0.25, -0.2) is 13.2 Å². The Morgan fingerprint density at radius 3 is 2.53 bits per heavy atom. The molecule has 0 aliphatic carbocycles. The summed E-state index contributed by atoms with van der Waals surface area (Å²) in [6, 6.07) is 4.43. The number of carbonyl (C=O) groups is 1. The second-order valence-electron chi connectivity index (χ2n) is 4.13. The van der Waals surface area contributed by atoms with Gasteiger partial charge in [-0.1, -0.05) is 6.92 Å². The molecule has 0 fully saturated rings. The van der Waals surface area contributed by atoms with Crippen molar-refractivity contribution >= 4 is 27.2 Å². The van der Waals surface area contributed by atoms with Crippen LogP contribution in [0.15, 0.2) is 18.2 Å². The maximum Gasteiger partial charge on any atom is 0.340 e. The van der Waals surface area contributed by atoms with Crippen LogP contribution in [0.25, 0.3) is 0 Å². The molecule has 1 rings (SSSR count). The summed E-state index contributed by atoms with van der Waals surface area (Å²) in [7, 11) is -3.15. The van der Waals surface area contributed by atoms with Gasteiger partial charge >= 0.3 is 5.97 Å². The molecule has 0 atom stereocenters. The lowest BCUT2D eigenvalue weighted by Crippen LogP contribution is -2.18. The zero-order valence-corrected chi connectivity index (χ0v) is 11.6. The van der Waals surface area contributed by atoms with Crippen LogP contribution in [0.2, 0.25) is 0 Å². The number of ether oxygens (including phenoxy) is 1. The SMILES string of the molecule is CCCS(=O)(=O)CCOC(=O)c1ccc(N)cc1N. The van der Waals surface area contributed by atoms with Gasteiger partial charge in [-0.15, -0.1) is 0 Å². The van der Waals surface area contributed by atoms with E-state index in [-0.39, 0.29) is 29.4 Å². The first-order valence-corrected chi connectivity index (χ1v) is 7.70. The zero-order valence-electron chi connectivity index (χ0n) is 10.8. The molecular formula is C12H18N2O4S. The second kappa shape index (κ2) is 6.42. The molecule has 4 N–H and O–H groups in total. The largest absolute Gasteiger partial charge is 0.461 e. The molecule has 0 aromatic heterocycles. The molecular weight excluding hydrogens is 268 g/mol. The van der Waals surface area contributed by atoms with E-state index in [1.165, 1.54) is 18.2 Å². The normalized spacial score (nSPS) is 11.2. The van der Waals surface area contributed by atoms with Crippen LogP contribution in [0.4, 0.5) is 11.4 Å². The molecule has 7 heteroatoms. The monoisotopic (exact) mass is 286 g/mol. The van der Waals surface area contributed by atoms with Gasteiger partial charge in [0.25, 0.3) is 0 Å². The van der Waals surface area contributed by atoms with Crippen molar-refractivity contribution in [3.63, 3.8) is 0 Å². The van der Waals surface area contributed by atoms with Gasteiger partial charge < -0.3 is 16.2 Å². The van der Waals surface area contributed by atoms with Crippen LogP contribution < -0.4 is 11.5 Å². The molecule has 0 aliphatic heterocycles. The van der Waals surface area contributed by atoms with E-state index in [0.29, 0.717) is 12.1 Å². The van der Waals surface area contributed by atoms with Gasteiger partial charge in [-0.2, -0.15) is 0 Å². The predicted octanol–water partition coefficient (Wildman–Crippen LogP) is 0.833. The number of hydrogen-bond donors (Lipinski definition) is 2. The average molecular weight is 286 g/mol. The van der Waals surface area contributed by atoms with Gasteiger partial charge in [-0.3, -0.25) is 0 Å². The molecule has 0 saturated heterocycles. The number of benzene rings is 1. The van der Waals surface area contributed by atoms with E-state index in [2.05, 4.69) is 0 Å². The Bertz CT molecular complexity index is 555. The van der Waals surface area contributed by atoms with Crippen LogP contribution in [0.3, 0.4) is 0 Å². The van der Waals surface area contributed by atoms with Crippen molar-refractivity contribution in [2.45, 2.75) is 13.3 Å². The lowest BCUT2D eigenvalue weighted by atomic mass is 10.1. The van der Waals surface area contributed by atoms with Gasteiger partial charge in [-0.05, 0) is 24.6 Å². The lowest BCUT2D eigenvalue weighted by molar-refractivity contribution is 0.0530. The fraction of sp³-hybridized carbons (Fsp3) is 0.417. The van der Waals surface area contributed by atoms with Crippen molar-refractivity contribution in [3.05, 3.63) is 23.8 Å². The van der Waals surface area contributed by atoms with Gasteiger partial charge in [0.2, 0.25) is 0 Å². The van der Waals surface area contributed by atoms with E-state index in [1.807, 2.05) is 0 Å². The van der Waals surface area contributed by atoms with Crippen LogP contribution in [0.1, 0.15) is 23.7 Å². The summed E-state index contributed by atoms with van der Waals surface area (Å²) in [4.78, 5) is 11.7. The number of esters is 1. The maximum atomic E-state index is 11.7. The predicted molar refractivity (Wildman–Crippen MR) is 74.5 cm³/mol. The number of anilines is 2. The summed E-state index contributed by atoms with van der Waals surface area (Å²) >= 11 is 0. The van der Waals surface area contributed by atoms with E-state index >= 15 is 0 Å². The minimum Gasteiger partial charge on any atom is -0.461 e. The summed E-state index contributed by atoms with van der Waals surface area (Å²) in [6.45, 7) is 1.60. The molecule has 6 nitrogen and oxygen atoms in total. The molecule has 0 bridgehead atoms. The first-order valence-electron chi connectivity index (χ1n) is 5.88. The fourth-order valence-corrected chi connectivity index (χ4v) is 2.68. The molecule has 0 radical (unpaired) electrons. The van der Waals surface area contributed by atoms with E-state index in [0.717, 1.165) is 0 Å². The number of nitrogen functional groups attached to an aromatic ring is 2. The second-order valence-corrected chi connectivity index (χ2v) is 6.44. The van der Waals surface area contributed by atoms with Crippen molar-refractivity contribution in [3.8, 4) is 0 Å². The first kappa shape index (κ1) is 15.3. The molecule has 1 aromatic rings. The third-order valence-electron chi connectivity index (χ3n) is 2.44. The summed E-state index contributed by atoms with van der Waals surface area (Å²) < 4.78 is 27.7. The molecule has 1 aromatic carbocycles. The first-order chi connectivity index (χ1) is 8.85. The quantitative estimate of drug-likeness (QED) is 0.591. The Kier molecular flexibility index (Phi) is 5.17. The molecule has 0 saturated carbocycles. The van der Waals surface area contributed by atoms with Gasteiger partial charge in [0.15, 0.2) is 9.84 Å². The minimum atomic E-state index is -3.15. The third-order valence-corrected chi connectivity index (χ3v) is 4.26. The van der Waals surface area contributed by atoms with E-state index in [9.17, 15) is 13.2 Å². The van der Waals surface area contributed by atoms with Crippen molar-refractivity contribution in [1.82, 2.24) is 0 Å². The van der Waals surface area contributed by atoms with E-state index in [4.69, 9.17) is 16.2 Å². The standard InChI is InChI=1S/C12H18N2O4S/c1-2-6-19(16,17)7-5-18-12(15)10-4-3-9(13)8-11(10)14/h3-4,8H,2,5-7,13-14H2,1H3. The average Bonchev–Trinajstić information content (AvgIpc) is 2.28. The van der Waals surface area contributed by atoms with Crippen LogP contribution in [0.5, 0.6) is 0 Å². The van der Waals surface area contributed by atoms with Gasteiger partial charge in [0, 0.05) is 11.4 Å². The third kappa shape index (κ3) is 4.78. The Morgan fingerprint density at radius 1 is 1.26 bits per heavy atom. The Morgan fingerprint density at radius 2 is 1.95 bits per heavy atom. The topological polar surface area (TPSA) is 112 Å². The van der Waals surface area contributed by atoms with Gasteiger partial charge in [0.1, 0.15) is 6.61 Å². The molecule has 106 valence electrons. The Hall–Kier alpha value is -1.76. The highest BCUT2D eigenvalue weighted by Crippen LogP contribution is 2.16. The number of hydrogen-bond acceptors (Lipinski definition) is 6. The lowest BCUT2D eigenvalue weighted by Gasteiger charge is -2.07. The van der Waals surface area contributed by atoms with Crippen LogP contribution in [0, 0.1) is 0 Å². The van der Waals surface area contributed by atoms with Crippen LogP contribution >= 0.6 is 0 Å². The highest BCUT2D eigenvalue weighted by atomic mass is 32.2. The maximum absolute atomic E-state index is 11.7. The van der Waals surface area contributed by atoms with Crippen molar-refractivity contribution in [2.75, 3.05) is 29.6 Å². The van der Waals surface area contributed by atoms with Crippen LogP contribution in [-0.4, -0.2) is 32.5 Å². The molecule has 0 spiro atoms. The minimum absolute atomic E-state index is 0.0918. The zero-order chi connectivity index (χ0) is 14.5. The summed E-state index contributed by atoms with van der Waals surface area (Å²) in [5.41, 5.74) is 12.0. The van der Waals surface area contributed by atoms with Crippen molar-refractivity contribution in [2.24, 2.45) is 0 Å².